The van der Waals surface area contributed by atoms with E-state index in [0.717, 1.165) is 12.3 Å². The van der Waals surface area contributed by atoms with E-state index in [1.807, 2.05) is 0 Å². The molecule has 3 heteroatoms. The van der Waals surface area contributed by atoms with E-state index in [1.165, 1.54) is 26.4 Å². The maximum absolute atomic E-state index is 12.1. The van der Waals surface area contributed by atoms with Crippen LogP contribution in [-0.4, -0.2) is 25.2 Å². The number of carbonyl (C=O) groups is 1. The van der Waals surface area contributed by atoms with E-state index in [1.54, 1.807) is 0 Å². The zero-order chi connectivity index (χ0) is 15.1. The summed E-state index contributed by atoms with van der Waals surface area (Å²) in [7, 11) is 1.49. The van der Waals surface area contributed by atoms with Gasteiger partial charge in [-0.25, -0.2) is 0 Å². The van der Waals surface area contributed by atoms with E-state index in [0.29, 0.717) is 17.4 Å². The van der Waals surface area contributed by atoms with Crippen LogP contribution in [0.5, 0.6) is 0 Å². The molecule has 0 saturated heterocycles. The summed E-state index contributed by atoms with van der Waals surface area (Å²) in [5.74, 6) is 1.17. The second kappa shape index (κ2) is 5.32. The summed E-state index contributed by atoms with van der Waals surface area (Å²) >= 11 is 0. The third-order valence-corrected chi connectivity index (χ3v) is 5.83. The number of nitrogens with one attached hydrogen (secondary N) is 1. The number of hydrogen-bond acceptors (Lipinski definition) is 3. The first-order valence-electron chi connectivity index (χ1n) is 8.04. The number of esters is 1. The van der Waals surface area contributed by atoms with Crippen molar-refractivity contribution in [2.24, 2.45) is 22.7 Å². The quantitative estimate of drug-likeness (QED) is 0.785. The van der Waals surface area contributed by atoms with Gasteiger partial charge in [-0.05, 0) is 48.3 Å². The van der Waals surface area contributed by atoms with Gasteiger partial charge in [0.05, 0.1) is 7.11 Å². The second-order valence-electron chi connectivity index (χ2n) is 8.22. The molecule has 0 radical (unpaired) electrons. The van der Waals surface area contributed by atoms with E-state index in [-0.39, 0.29) is 17.4 Å². The monoisotopic (exact) mass is 281 g/mol. The lowest BCUT2D eigenvalue weighted by Gasteiger charge is -2.44. The predicted molar refractivity (Wildman–Crippen MR) is 81.4 cm³/mol. The molecule has 2 bridgehead atoms. The number of methoxy groups -OCH3 is 1. The van der Waals surface area contributed by atoms with E-state index in [2.05, 4.69) is 39.9 Å². The van der Waals surface area contributed by atoms with Crippen LogP contribution >= 0.6 is 0 Å². The van der Waals surface area contributed by atoms with Crippen LogP contribution in [0.1, 0.15) is 60.3 Å². The van der Waals surface area contributed by atoms with Crippen LogP contribution in [0.3, 0.4) is 0 Å². The molecule has 0 amide bonds. The van der Waals surface area contributed by atoms with Gasteiger partial charge in [0.25, 0.3) is 0 Å². The lowest BCUT2D eigenvalue weighted by molar-refractivity contribution is -0.144. The molecule has 4 atom stereocenters. The van der Waals surface area contributed by atoms with Crippen molar-refractivity contribution in [3.63, 3.8) is 0 Å². The molecule has 116 valence electrons. The minimum absolute atomic E-state index is 0.110. The van der Waals surface area contributed by atoms with Crippen LogP contribution in [0.25, 0.3) is 0 Å². The maximum atomic E-state index is 12.1. The maximum Gasteiger partial charge on any atom is 0.322 e. The highest BCUT2D eigenvalue weighted by Crippen LogP contribution is 2.62. The molecule has 0 aromatic rings. The highest BCUT2D eigenvalue weighted by molar-refractivity contribution is 5.75. The zero-order valence-corrected chi connectivity index (χ0v) is 14.0. The molecule has 2 aliphatic carbocycles. The summed E-state index contributed by atoms with van der Waals surface area (Å²) in [6.45, 7) is 11.4. The van der Waals surface area contributed by atoms with Crippen LogP contribution in [0.4, 0.5) is 0 Å². The second-order valence-corrected chi connectivity index (χ2v) is 8.22. The van der Waals surface area contributed by atoms with Gasteiger partial charge in [-0.15, -0.1) is 0 Å². The number of hydrogen-bond donors (Lipinski definition) is 1. The van der Waals surface area contributed by atoms with Gasteiger partial charge in [0, 0.05) is 6.04 Å². The summed E-state index contributed by atoms with van der Waals surface area (Å²) in [5.41, 5.74) is 0.619. The highest BCUT2D eigenvalue weighted by Gasteiger charge is 2.59. The van der Waals surface area contributed by atoms with Crippen molar-refractivity contribution in [1.82, 2.24) is 5.32 Å². The molecule has 0 heterocycles. The molecule has 2 aliphatic rings. The van der Waals surface area contributed by atoms with Crippen LogP contribution in [0, 0.1) is 22.7 Å². The Bertz CT molecular complexity index is 372. The molecular weight excluding hydrogens is 250 g/mol. The Hall–Kier alpha value is -0.570. The normalized spacial score (nSPS) is 36.4. The first-order valence-corrected chi connectivity index (χ1v) is 8.04. The number of ether oxygens (including phenoxy) is 1. The molecule has 2 saturated carbocycles. The lowest BCUT2D eigenvalue weighted by atomic mass is 9.68. The molecule has 0 spiro atoms. The summed E-state index contributed by atoms with van der Waals surface area (Å²) in [6, 6.07) is 0.247. The van der Waals surface area contributed by atoms with Gasteiger partial charge in [0.15, 0.2) is 0 Å². The summed E-state index contributed by atoms with van der Waals surface area (Å²) in [5, 5.41) is 3.69. The van der Waals surface area contributed by atoms with Crippen molar-refractivity contribution in [2.75, 3.05) is 7.11 Å². The molecule has 0 aliphatic heterocycles. The average molecular weight is 281 g/mol. The van der Waals surface area contributed by atoms with Gasteiger partial charge in [-0.1, -0.05) is 34.6 Å². The average Bonchev–Trinajstić information content (AvgIpc) is 2.82. The SMILES string of the molecule is COC(=O)C(CC(C)C)NC1C(C)(C)[C@H]2CC[C@]1(C)C2. The first kappa shape index (κ1) is 15.8. The number of fused-ring (bicyclic) bond motifs is 2. The van der Waals surface area contributed by atoms with Gasteiger partial charge in [-0.2, -0.15) is 0 Å². The first-order chi connectivity index (χ1) is 9.20. The van der Waals surface area contributed by atoms with Crippen molar-refractivity contribution >= 4 is 5.97 Å². The van der Waals surface area contributed by atoms with E-state index < -0.39 is 0 Å². The third-order valence-electron chi connectivity index (χ3n) is 5.83. The Balaban J connectivity index is 2.15. The Morgan fingerprint density at radius 1 is 1.35 bits per heavy atom. The molecule has 2 unspecified atom stereocenters. The molecule has 20 heavy (non-hydrogen) atoms. The molecule has 0 aromatic heterocycles. The minimum atomic E-state index is -0.166. The molecule has 0 aromatic carbocycles. The van der Waals surface area contributed by atoms with Crippen molar-refractivity contribution in [1.29, 1.82) is 0 Å². The fourth-order valence-corrected chi connectivity index (χ4v) is 4.77. The summed E-state index contributed by atoms with van der Waals surface area (Å²) in [6.07, 6.45) is 4.77. The Morgan fingerprint density at radius 3 is 2.45 bits per heavy atom. The Kier molecular flexibility index (Phi) is 4.21. The van der Waals surface area contributed by atoms with Gasteiger partial charge in [0.1, 0.15) is 6.04 Å². The van der Waals surface area contributed by atoms with Gasteiger partial charge >= 0.3 is 5.97 Å². The number of rotatable bonds is 5. The van der Waals surface area contributed by atoms with Crippen molar-refractivity contribution in [3.05, 3.63) is 0 Å². The molecule has 1 N–H and O–H groups in total. The minimum Gasteiger partial charge on any atom is -0.468 e. The summed E-state index contributed by atoms with van der Waals surface area (Å²) in [4.78, 5) is 12.1. The van der Waals surface area contributed by atoms with Crippen molar-refractivity contribution < 1.29 is 9.53 Å². The van der Waals surface area contributed by atoms with Crippen molar-refractivity contribution in [2.45, 2.75) is 72.4 Å². The lowest BCUT2D eigenvalue weighted by Crippen LogP contribution is -2.56. The van der Waals surface area contributed by atoms with E-state index in [9.17, 15) is 4.79 Å². The Labute approximate surface area is 123 Å². The molecule has 3 nitrogen and oxygen atoms in total. The topological polar surface area (TPSA) is 38.3 Å². The van der Waals surface area contributed by atoms with Crippen LogP contribution < -0.4 is 5.32 Å². The number of carbonyl (C=O) groups excluding carboxylic acids is 1. The van der Waals surface area contributed by atoms with E-state index in [4.69, 9.17) is 4.74 Å². The van der Waals surface area contributed by atoms with Gasteiger partial charge < -0.3 is 10.1 Å². The van der Waals surface area contributed by atoms with Crippen LogP contribution in [0.2, 0.25) is 0 Å². The molecule has 2 rings (SSSR count). The van der Waals surface area contributed by atoms with E-state index >= 15 is 0 Å². The third kappa shape index (κ3) is 2.61. The highest BCUT2D eigenvalue weighted by atomic mass is 16.5. The largest absolute Gasteiger partial charge is 0.468 e. The van der Waals surface area contributed by atoms with Crippen molar-refractivity contribution in [3.8, 4) is 0 Å². The fraction of sp³-hybridized carbons (Fsp3) is 0.941. The smallest absolute Gasteiger partial charge is 0.322 e. The Morgan fingerprint density at radius 2 is 2.00 bits per heavy atom. The fourth-order valence-electron chi connectivity index (χ4n) is 4.77. The van der Waals surface area contributed by atoms with Gasteiger partial charge in [0.2, 0.25) is 0 Å². The van der Waals surface area contributed by atoms with Crippen LogP contribution in [0.15, 0.2) is 0 Å². The molecular formula is C17H31NO2. The standard InChI is InChI=1S/C17H31NO2/c1-11(2)9-13(14(19)20-6)18-15-16(3,4)12-7-8-17(15,5)10-12/h11-13,15,18H,7-10H2,1-6H3/t12-,13?,15?,17+/m0/s1. The van der Waals surface area contributed by atoms with Crippen LogP contribution in [-0.2, 0) is 9.53 Å². The summed E-state index contributed by atoms with van der Waals surface area (Å²) < 4.78 is 5.00. The predicted octanol–water partition coefficient (Wildman–Crippen LogP) is 3.38. The van der Waals surface area contributed by atoms with Gasteiger partial charge in [-0.3, -0.25) is 4.79 Å². The molecule has 2 fully saturated rings. The zero-order valence-electron chi connectivity index (χ0n) is 14.0.